The van der Waals surface area contributed by atoms with E-state index in [-0.39, 0.29) is 23.8 Å². The van der Waals surface area contributed by atoms with Crippen LogP contribution in [0.4, 0.5) is 4.79 Å². The van der Waals surface area contributed by atoms with Crippen LogP contribution in [0.5, 0.6) is 5.88 Å². The largest absolute Gasteiger partial charge is 0.480 e. The lowest BCUT2D eigenvalue weighted by molar-refractivity contribution is -0.134. The standard InChI is InChI=1S/C24H37N5O4/c1-17(2)8-11-24(22(31)29(23(32)26-24)16-15-27(3)4)18-9-13-28(14-10-18)21(30)19-7-6-12-25-20(19)33-5/h6-7,12,17-18H,8-11,13-16H2,1-5H3,(H,26,32)/t24-/m0/s1. The van der Waals surface area contributed by atoms with Gasteiger partial charge in [-0.05, 0) is 63.7 Å². The van der Waals surface area contributed by atoms with E-state index in [1.54, 1.807) is 23.2 Å². The van der Waals surface area contributed by atoms with Gasteiger partial charge in [-0.3, -0.25) is 14.5 Å². The molecule has 3 rings (SSSR count). The number of urea groups is 1. The van der Waals surface area contributed by atoms with Crippen LogP contribution in [-0.4, -0.2) is 90.5 Å². The number of methoxy groups -OCH3 is 1. The number of carbonyl (C=O) groups is 3. The molecule has 0 radical (unpaired) electrons. The lowest BCUT2D eigenvalue weighted by Crippen LogP contribution is -2.56. The Morgan fingerprint density at radius 1 is 1.30 bits per heavy atom. The molecule has 0 unspecified atom stereocenters. The van der Waals surface area contributed by atoms with E-state index in [9.17, 15) is 14.4 Å². The van der Waals surface area contributed by atoms with Crippen molar-refractivity contribution in [1.29, 1.82) is 0 Å². The van der Waals surface area contributed by atoms with Gasteiger partial charge in [0.1, 0.15) is 11.1 Å². The maximum Gasteiger partial charge on any atom is 0.325 e. The number of pyridine rings is 1. The summed E-state index contributed by atoms with van der Waals surface area (Å²) in [6.07, 6.45) is 4.36. The molecule has 0 aliphatic carbocycles. The van der Waals surface area contributed by atoms with Gasteiger partial charge in [-0.15, -0.1) is 0 Å². The summed E-state index contributed by atoms with van der Waals surface area (Å²) < 4.78 is 5.25. The van der Waals surface area contributed by atoms with Gasteiger partial charge in [0.15, 0.2) is 0 Å². The molecule has 1 aromatic heterocycles. The molecule has 2 aliphatic heterocycles. The summed E-state index contributed by atoms with van der Waals surface area (Å²) in [6, 6.07) is 3.14. The highest BCUT2D eigenvalue weighted by molar-refractivity contribution is 6.07. The minimum absolute atomic E-state index is 0.0168. The van der Waals surface area contributed by atoms with Gasteiger partial charge in [0.05, 0.1) is 7.11 Å². The highest BCUT2D eigenvalue weighted by Gasteiger charge is 2.55. The van der Waals surface area contributed by atoms with Gasteiger partial charge in [-0.2, -0.15) is 0 Å². The van der Waals surface area contributed by atoms with Crippen molar-refractivity contribution in [2.45, 2.75) is 45.1 Å². The fraction of sp³-hybridized carbons (Fsp3) is 0.667. The molecule has 2 aliphatic rings. The summed E-state index contributed by atoms with van der Waals surface area (Å²) in [5, 5.41) is 3.10. The van der Waals surface area contributed by atoms with Crippen molar-refractivity contribution in [2.75, 3.05) is 47.4 Å². The third-order valence-corrected chi connectivity index (χ3v) is 6.76. The van der Waals surface area contributed by atoms with Crippen molar-refractivity contribution in [1.82, 2.24) is 25.0 Å². The van der Waals surface area contributed by atoms with Crippen molar-refractivity contribution >= 4 is 17.8 Å². The number of aromatic nitrogens is 1. The van der Waals surface area contributed by atoms with E-state index in [2.05, 4.69) is 24.1 Å². The Bertz CT molecular complexity index is 866. The van der Waals surface area contributed by atoms with Crippen LogP contribution >= 0.6 is 0 Å². The van der Waals surface area contributed by atoms with Gasteiger partial charge in [0, 0.05) is 32.4 Å². The first-order chi connectivity index (χ1) is 15.7. The molecular weight excluding hydrogens is 422 g/mol. The number of rotatable bonds is 9. The van der Waals surface area contributed by atoms with Crippen LogP contribution < -0.4 is 10.1 Å². The summed E-state index contributed by atoms with van der Waals surface area (Å²) in [6.45, 7) is 6.29. The lowest BCUT2D eigenvalue weighted by atomic mass is 9.73. The maximum absolute atomic E-state index is 13.6. The van der Waals surface area contributed by atoms with Crippen molar-refractivity contribution < 1.29 is 19.1 Å². The van der Waals surface area contributed by atoms with Crippen LogP contribution in [0, 0.1) is 11.8 Å². The molecule has 0 saturated carbocycles. The van der Waals surface area contributed by atoms with E-state index in [0.29, 0.717) is 62.8 Å². The quantitative estimate of drug-likeness (QED) is 0.569. The van der Waals surface area contributed by atoms with Gasteiger partial charge in [0.2, 0.25) is 5.88 Å². The SMILES string of the molecule is COc1ncccc1C(=O)N1CCC([C@]2(CCC(C)C)NC(=O)N(CCN(C)C)C2=O)CC1. The van der Waals surface area contributed by atoms with Crippen LogP contribution in [0.25, 0.3) is 0 Å². The number of ether oxygens (including phenoxy) is 1. The Labute approximate surface area is 196 Å². The number of piperidine rings is 1. The number of carbonyl (C=O) groups excluding carboxylic acids is 3. The number of nitrogens with zero attached hydrogens (tertiary/aromatic N) is 4. The molecule has 0 bridgehead atoms. The Hall–Kier alpha value is -2.68. The first-order valence-corrected chi connectivity index (χ1v) is 11.8. The van der Waals surface area contributed by atoms with Gasteiger partial charge in [-0.25, -0.2) is 9.78 Å². The molecule has 0 aromatic carbocycles. The van der Waals surface area contributed by atoms with Crippen molar-refractivity contribution in [3.05, 3.63) is 23.9 Å². The molecule has 1 aromatic rings. The molecule has 33 heavy (non-hydrogen) atoms. The van der Waals surface area contributed by atoms with E-state index in [1.165, 1.54) is 12.0 Å². The second-order valence-corrected chi connectivity index (χ2v) is 9.72. The molecule has 9 nitrogen and oxygen atoms in total. The topological polar surface area (TPSA) is 95.1 Å². The smallest absolute Gasteiger partial charge is 0.325 e. The predicted octanol–water partition coefficient (Wildman–Crippen LogP) is 2.23. The predicted molar refractivity (Wildman–Crippen MR) is 125 cm³/mol. The zero-order valence-electron chi connectivity index (χ0n) is 20.5. The molecule has 182 valence electrons. The fourth-order valence-electron chi connectivity index (χ4n) is 4.78. The Kier molecular flexibility index (Phi) is 7.94. The van der Waals surface area contributed by atoms with Gasteiger partial charge in [-0.1, -0.05) is 13.8 Å². The third-order valence-electron chi connectivity index (χ3n) is 6.76. The molecule has 3 heterocycles. The van der Waals surface area contributed by atoms with E-state index in [0.717, 1.165) is 6.42 Å². The Balaban J connectivity index is 1.75. The first-order valence-electron chi connectivity index (χ1n) is 11.8. The third kappa shape index (κ3) is 5.29. The molecule has 4 amide bonds. The summed E-state index contributed by atoms with van der Waals surface area (Å²) in [4.78, 5) is 48.8. The van der Waals surface area contributed by atoms with E-state index >= 15 is 0 Å². The second-order valence-electron chi connectivity index (χ2n) is 9.72. The minimum atomic E-state index is -0.894. The van der Waals surface area contributed by atoms with Crippen molar-refractivity contribution in [3.8, 4) is 5.88 Å². The molecule has 9 heteroatoms. The summed E-state index contributed by atoms with van der Waals surface area (Å²) in [5.41, 5.74) is -0.456. The van der Waals surface area contributed by atoms with Crippen molar-refractivity contribution in [2.24, 2.45) is 11.8 Å². The molecule has 2 saturated heterocycles. The van der Waals surface area contributed by atoms with Gasteiger partial charge >= 0.3 is 6.03 Å². The number of nitrogens with one attached hydrogen (secondary N) is 1. The van der Waals surface area contributed by atoms with Crippen LogP contribution in [0.1, 0.15) is 49.9 Å². The van der Waals surface area contributed by atoms with E-state index in [1.807, 2.05) is 19.0 Å². The van der Waals surface area contributed by atoms with E-state index in [4.69, 9.17) is 4.74 Å². The first kappa shape index (κ1) is 25.0. The number of amides is 4. The highest BCUT2D eigenvalue weighted by Crippen LogP contribution is 2.38. The average Bonchev–Trinajstić information content (AvgIpc) is 3.05. The van der Waals surface area contributed by atoms with Gasteiger partial charge in [0.25, 0.3) is 11.8 Å². The highest BCUT2D eigenvalue weighted by atomic mass is 16.5. The lowest BCUT2D eigenvalue weighted by Gasteiger charge is -2.41. The monoisotopic (exact) mass is 459 g/mol. The molecule has 1 N–H and O–H groups in total. The van der Waals surface area contributed by atoms with E-state index < -0.39 is 5.54 Å². The van der Waals surface area contributed by atoms with Crippen LogP contribution in [0.3, 0.4) is 0 Å². The zero-order chi connectivity index (χ0) is 24.2. The molecule has 2 fully saturated rings. The van der Waals surface area contributed by atoms with Crippen LogP contribution in [-0.2, 0) is 4.79 Å². The molecular formula is C24H37N5O4. The normalized spacial score (nSPS) is 21.8. The van der Waals surface area contributed by atoms with Gasteiger partial charge < -0.3 is 19.9 Å². The second kappa shape index (κ2) is 10.5. The summed E-state index contributed by atoms with van der Waals surface area (Å²) in [7, 11) is 5.35. The Morgan fingerprint density at radius 3 is 2.61 bits per heavy atom. The average molecular weight is 460 g/mol. The minimum Gasteiger partial charge on any atom is -0.480 e. The van der Waals surface area contributed by atoms with Crippen LogP contribution in [0.2, 0.25) is 0 Å². The number of hydrogen-bond acceptors (Lipinski definition) is 6. The van der Waals surface area contributed by atoms with Crippen molar-refractivity contribution in [3.63, 3.8) is 0 Å². The number of likely N-dealkylation sites (N-methyl/N-ethyl adjacent to an activating group) is 1. The number of hydrogen-bond donors (Lipinski definition) is 1. The molecule has 0 spiro atoms. The zero-order valence-corrected chi connectivity index (χ0v) is 20.5. The molecule has 1 atom stereocenters. The maximum atomic E-state index is 13.6. The summed E-state index contributed by atoms with van der Waals surface area (Å²) in [5.74, 6) is 0.476. The number of imide groups is 1. The Morgan fingerprint density at radius 2 is 2.00 bits per heavy atom. The fourth-order valence-corrected chi connectivity index (χ4v) is 4.78. The van der Waals surface area contributed by atoms with Crippen LogP contribution in [0.15, 0.2) is 18.3 Å². The number of likely N-dealkylation sites (tertiary alicyclic amines) is 1. The summed E-state index contributed by atoms with van der Waals surface area (Å²) >= 11 is 0.